The molecule has 0 aliphatic carbocycles. The molecule has 4 aromatic heterocycles. The van der Waals surface area contributed by atoms with Gasteiger partial charge < -0.3 is 14.5 Å². The van der Waals surface area contributed by atoms with Crippen LogP contribution in [-0.4, -0.2) is 69.5 Å². The van der Waals surface area contributed by atoms with Crippen LogP contribution in [0.25, 0.3) is 44.8 Å². The second-order valence-corrected chi connectivity index (χ2v) is 68.5. The first-order valence-electron chi connectivity index (χ1n) is 16.8. The molecule has 6 rings (SSSR count). The molecule has 59 heavy (non-hydrogen) atoms. The van der Waals surface area contributed by atoms with Gasteiger partial charge in [-0.1, -0.05) is 13.3 Å². The Morgan fingerprint density at radius 3 is 1.75 bits per heavy atom. The van der Waals surface area contributed by atoms with Gasteiger partial charge in [-0.2, -0.15) is 10.2 Å². The van der Waals surface area contributed by atoms with Gasteiger partial charge in [0.2, 0.25) is 0 Å². The molecule has 0 unspecified atom stereocenters. The molecular formula is C33H36Cl2I6N8O7S2V-. The first-order valence-corrected chi connectivity index (χ1v) is 47.6. The minimum atomic E-state index is -3.95. The molecule has 0 amide bonds. The fourth-order valence-electron chi connectivity index (χ4n) is 5.67. The number of halogens is 8. The van der Waals surface area contributed by atoms with E-state index in [0.29, 0.717) is 83.6 Å². The molecule has 324 valence electrons. The number of aryl methyl sites for hydroxylation is 5. The first-order chi connectivity index (χ1) is 27.6. The van der Waals surface area contributed by atoms with Crippen molar-refractivity contribution in [2.24, 2.45) is 14.1 Å². The summed E-state index contributed by atoms with van der Waals surface area (Å²) in [7, 11) is 6.64. The van der Waals surface area contributed by atoms with E-state index < -0.39 is 18.1 Å². The molecule has 26 heteroatoms. The number of aromatic nitrogens is 8. The molecule has 2 aromatic carbocycles. The Bertz CT molecular complexity index is 2710. The molecule has 0 saturated carbocycles. The maximum atomic E-state index is 12.6. The molecule has 0 fully saturated rings. The van der Waals surface area contributed by atoms with Gasteiger partial charge in [0.05, 0.1) is 51.2 Å². The maximum absolute atomic E-state index is 12.6. The zero-order valence-electron chi connectivity index (χ0n) is 32.1. The van der Waals surface area contributed by atoms with Crippen molar-refractivity contribution in [1.82, 2.24) is 39.5 Å². The van der Waals surface area contributed by atoms with Crippen molar-refractivity contribution in [3.05, 3.63) is 63.8 Å². The predicted octanol–water partition coefficient (Wildman–Crippen LogP) is 7.01. The molecule has 4 heterocycles. The van der Waals surface area contributed by atoms with Gasteiger partial charge in [-0.05, 0) is 70.5 Å². The monoisotopic (exact) mass is 1600 g/mol. The third-order valence-corrected chi connectivity index (χ3v) is 10.5. The molecule has 6 aromatic rings. The Morgan fingerprint density at radius 1 is 0.763 bits per heavy atom. The van der Waals surface area contributed by atoms with Crippen molar-refractivity contribution < 1.29 is 44.5 Å². The summed E-state index contributed by atoms with van der Waals surface area (Å²) in [5.41, 5.74) is 5.05. The van der Waals surface area contributed by atoms with E-state index in [2.05, 4.69) is 127 Å². The van der Waals surface area contributed by atoms with Crippen LogP contribution in [0.3, 0.4) is 0 Å². The number of benzene rings is 2. The van der Waals surface area contributed by atoms with E-state index in [9.17, 15) is 21.6 Å². The van der Waals surface area contributed by atoms with Crippen LogP contribution < -0.4 is 28.3 Å². The molecule has 0 aliphatic rings. The normalized spacial score (nSPS) is 11.4. The van der Waals surface area contributed by atoms with Crippen LogP contribution in [0.5, 0.6) is 11.5 Å². The Morgan fingerprint density at radius 2 is 1.25 bits per heavy atom. The number of ether oxygens (including phenoxy) is 2. The quantitative estimate of drug-likeness (QED) is 0.109. The summed E-state index contributed by atoms with van der Waals surface area (Å²) < 4.78 is 61.2. The summed E-state index contributed by atoms with van der Waals surface area (Å²) in [5, 5.41) is 8.74. The average Bonchev–Trinajstić information content (AvgIpc) is 3.62. The average molecular weight is 1600 g/mol. The number of nitrogens with zero attached hydrogens (tertiary/aromatic N) is 7. The van der Waals surface area contributed by atoms with Gasteiger partial charge in [-0.3, -0.25) is 14.2 Å². The van der Waals surface area contributed by atoms with Crippen molar-refractivity contribution in [2.45, 2.75) is 57.3 Å². The van der Waals surface area contributed by atoms with E-state index in [-0.39, 0.29) is 26.1 Å². The fraction of sp³-hybridized carbons (Fsp3) is 0.333. The van der Waals surface area contributed by atoms with Crippen LogP contribution >= 0.6 is 119 Å². The van der Waals surface area contributed by atoms with E-state index in [1.54, 1.807) is 24.7 Å². The number of rotatable bonds is 10. The predicted molar refractivity (Wildman–Crippen MR) is 268 cm³/mol. The number of fused-ring (bicyclic) bond motifs is 2. The Kier molecular flexibility index (Phi) is 22.4. The number of hydrogen-bond acceptors (Lipinski definition) is 12. The van der Waals surface area contributed by atoms with Crippen LogP contribution in [0.2, 0.25) is 0 Å². The standard InChI is InChI=1S/C17H19ClN4O4S.C16H17ClN4O3S.I3.3HI.V/c1-4-6-12-14-15(22(3)21-12)17(23)20-16(19-14)11-9-10(27(18,24)25)7-8-13(11)26-5-2;1-5-24-13-7-6-11(25(17,22)23)8-12(13)16-18-10(3)15-14(19-16)9(2)20-21(15)4;1-3-2;;;;/h7-9H,4-6H2,1-3H3,(H,19,20,23);6-8H,5H2,1-4H3;;3*1H;/q;;-1;;;;+3/p-3. The number of hydrogen-bond donors (Lipinski definition) is 1. The summed E-state index contributed by atoms with van der Waals surface area (Å²) in [5.74, 6) is 1.45. The Balaban J connectivity index is 0.000000273. The third-order valence-electron chi connectivity index (χ3n) is 7.83. The summed E-state index contributed by atoms with van der Waals surface area (Å²) >= 11 is 12.7. The van der Waals surface area contributed by atoms with Crippen LogP contribution in [0, 0.1) is 13.8 Å². The summed E-state index contributed by atoms with van der Waals surface area (Å²) in [6.07, 6.45) is 1.52. The van der Waals surface area contributed by atoms with Gasteiger partial charge in [-0.25, -0.2) is 31.8 Å². The van der Waals surface area contributed by atoms with Crippen LogP contribution in [0.15, 0.2) is 51.0 Å². The molecule has 0 bridgehead atoms. The number of aromatic amines is 1. The van der Waals surface area contributed by atoms with E-state index in [0.717, 1.165) is 23.3 Å². The van der Waals surface area contributed by atoms with Gasteiger partial charge in [-0.15, -0.1) is 0 Å². The van der Waals surface area contributed by atoms with E-state index >= 15 is 0 Å². The molecule has 0 spiro atoms. The van der Waals surface area contributed by atoms with Crippen molar-refractivity contribution in [3.8, 4) is 34.3 Å². The zero-order chi connectivity index (χ0) is 44.4. The van der Waals surface area contributed by atoms with E-state index in [1.165, 1.54) is 35.0 Å². The molecule has 1 N–H and O–H groups in total. The molecule has 0 radical (unpaired) electrons. The van der Waals surface area contributed by atoms with E-state index in [4.69, 9.17) is 30.8 Å². The Labute approximate surface area is 418 Å². The van der Waals surface area contributed by atoms with Crippen LogP contribution in [-0.2, 0) is 43.5 Å². The SMILES string of the molecule is CCCc1nn(C)c2c(=O)[nH]c(-c3cc(S(=O)(=O)Cl)ccc3OCC)nc12.CCOc1ccc(S(=O)(=O)Cl)cc1-c1nc(C)c2c(n1)c(C)nn2C.I[I-]I.[I][V]([I])[I]. The second kappa shape index (κ2) is 24.6. The van der Waals surface area contributed by atoms with Gasteiger partial charge in [0.15, 0.2) is 11.3 Å². The number of H-pyrrole nitrogens is 1. The fourth-order valence-corrected chi connectivity index (χ4v) is 7.23. The second-order valence-electron chi connectivity index (χ2n) is 11.8. The summed E-state index contributed by atoms with van der Waals surface area (Å²) in [4.78, 5) is 28.6. The van der Waals surface area contributed by atoms with Crippen molar-refractivity contribution in [1.29, 1.82) is 0 Å². The first kappa shape index (κ1) is 53.7. The van der Waals surface area contributed by atoms with Crippen molar-refractivity contribution in [2.75, 3.05) is 13.2 Å². The van der Waals surface area contributed by atoms with E-state index in [1.807, 2.05) is 34.7 Å². The van der Waals surface area contributed by atoms with Crippen LogP contribution in [0.4, 0.5) is 0 Å². The Hall–Kier alpha value is 0.384. The molecular weight excluding hydrogens is 1570 g/mol. The topological polar surface area (TPSA) is 194 Å². The third kappa shape index (κ3) is 15.0. The van der Waals surface area contributed by atoms with Gasteiger partial charge in [0.1, 0.15) is 33.9 Å². The summed E-state index contributed by atoms with van der Waals surface area (Å²) in [6.45, 7) is 10.2. The van der Waals surface area contributed by atoms with Gasteiger partial charge in [0.25, 0.3) is 23.7 Å². The van der Waals surface area contributed by atoms with Crippen LogP contribution in [0.1, 0.15) is 44.3 Å². The summed E-state index contributed by atoms with van der Waals surface area (Å²) in [6, 6.07) is 8.58. The molecule has 0 aliphatic heterocycles. The minimum absolute atomic E-state index is 0.0307. The van der Waals surface area contributed by atoms with Crippen molar-refractivity contribution >= 4 is 159 Å². The van der Waals surface area contributed by atoms with Gasteiger partial charge in [0, 0.05) is 35.5 Å². The zero-order valence-corrected chi connectivity index (χ0v) is 49.6. The van der Waals surface area contributed by atoms with Gasteiger partial charge >= 0.3 is 115 Å². The molecule has 0 saturated heterocycles. The molecule has 15 nitrogen and oxygen atoms in total. The van der Waals surface area contributed by atoms with Crippen molar-refractivity contribution in [3.63, 3.8) is 0 Å². The molecule has 0 atom stereocenters. The number of nitrogens with one attached hydrogen (secondary N) is 1.